The summed E-state index contributed by atoms with van der Waals surface area (Å²) < 4.78 is 0. The summed E-state index contributed by atoms with van der Waals surface area (Å²) in [4.78, 5) is 11.9. The van der Waals surface area contributed by atoms with Crippen LogP contribution in [0.25, 0.3) is 0 Å². The molecule has 0 aliphatic carbocycles. The number of carbonyl (C=O) groups excluding carboxylic acids is 1. The Morgan fingerprint density at radius 1 is 0.905 bits per heavy atom. The molecule has 0 heterocycles. The summed E-state index contributed by atoms with van der Waals surface area (Å²) in [6.45, 7) is 4.10. The van der Waals surface area contributed by atoms with E-state index in [9.17, 15) is 4.79 Å². The quantitative estimate of drug-likeness (QED) is 0.796. The summed E-state index contributed by atoms with van der Waals surface area (Å²) in [7, 11) is 1.92. The van der Waals surface area contributed by atoms with Crippen molar-refractivity contribution in [1.82, 2.24) is 5.32 Å². The van der Waals surface area contributed by atoms with Gasteiger partial charge in [0.1, 0.15) is 0 Å². The van der Waals surface area contributed by atoms with Crippen LogP contribution in [0.15, 0.2) is 48.5 Å². The molecule has 0 radical (unpaired) electrons. The van der Waals surface area contributed by atoms with Gasteiger partial charge in [-0.25, -0.2) is 4.79 Å². The topological polar surface area (TPSA) is 53.2 Å². The number of rotatable bonds is 4. The van der Waals surface area contributed by atoms with E-state index in [0.717, 1.165) is 16.9 Å². The molecule has 0 aromatic heterocycles. The van der Waals surface area contributed by atoms with Crippen molar-refractivity contribution in [3.63, 3.8) is 0 Å². The zero-order valence-corrected chi connectivity index (χ0v) is 12.6. The Bertz CT molecular complexity index is 590. The number of nitrogens with one attached hydrogen (secondary N) is 3. The summed E-state index contributed by atoms with van der Waals surface area (Å²) in [5.74, 6) is 0. The molecule has 2 aromatic rings. The van der Waals surface area contributed by atoms with Crippen LogP contribution in [0.3, 0.4) is 0 Å². The molecule has 1 atom stereocenters. The van der Waals surface area contributed by atoms with E-state index < -0.39 is 0 Å². The van der Waals surface area contributed by atoms with Crippen molar-refractivity contribution >= 4 is 17.4 Å². The van der Waals surface area contributed by atoms with E-state index in [-0.39, 0.29) is 6.03 Å². The Morgan fingerprint density at radius 3 is 1.86 bits per heavy atom. The minimum atomic E-state index is -0.242. The molecule has 0 saturated heterocycles. The average Bonchev–Trinajstić information content (AvgIpc) is 2.49. The third kappa shape index (κ3) is 4.33. The lowest BCUT2D eigenvalue weighted by Gasteiger charge is -2.12. The molecule has 4 heteroatoms. The molecule has 21 heavy (non-hydrogen) atoms. The van der Waals surface area contributed by atoms with Crippen LogP contribution < -0.4 is 16.0 Å². The Morgan fingerprint density at radius 2 is 1.38 bits per heavy atom. The van der Waals surface area contributed by atoms with E-state index in [1.807, 2.05) is 62.5 Å². The Hall–Kier alpha value is -2.33. The smallest absolute Gasteiger partial charge is 0.313 e. The number of anilines is 2. The minimum Gasteiger partial charge on any atom is -0.313 e. The summed E-state index contributed by atoms with van der Waals surface area (Å²) in [6, 6.07) is 15.5. The molecule has 0 spiro atoms. The van der Waals surface area contributed by atoms with E-state index in [1.165, 1.54) is 5.56 Å². The van der Waals surface area contributed by atoms with Gasteiger partial charge >= 0.3 is 6.03 Å². The lowest BCUT2D eigenvalue weighted by Crippen LogP contribution is -2.19. The highest BCUT2D eigenvalue weighted by atomic mass is 16.2. The molecule has 0 aliphatic heterocycles. The van der Waals surface area contributed by atoms with Gasteiger partial charge in [0.15, 0.2) is 0 Å². The number of carbonyl (C=O) groups is 1. The van der Waals surface area contributed by atoms with Crippen molar-refractivity contribution in [1.29, 1.82) is 0 Å². The first-order chi connectivity index (χ1) is 10.1. The maximum atomic E-state index is 11.9. The molecule has 2 amide bonds. The second-order valence-corrected chi connectivity index (χ2v) is 5.08. The highest BCUT2D eigenvalue weighted by Gasteiger charge is 2.05. The van der Waals surface area contributed by atoms with E-state index >= 15 is 0 Å². The zero-order chi connectivity index (χ0) is 15.2. The average molecular weight is 283 g/mol. The fourth-order valence-electron chi connectivity index (χ4n) is 1.95. The third-order valence-electron chi connectivity index (χ3n) is 3.41. The molecule has 0 saturated carbocycles. The van der Waals surface area contributed by atoms with Crippen molar-refractivity contribution in [2.24, 2.45) is 0 Å². The van der Waals surface area contributed by atoms with Crippen LogP contribution in [0.1, 0.15) is 24.1 Å². The Balaban J connectivity index is 1.94. The molecule has 0 fully saturated rings. The first-order valence-corrected chi connectivity index (χ1v) is 7.00. The van der Waals surface area contributed by atoms with Crippen LogP contribution in [0.2, 0.25) is 0 Å². The highest BCUT2D eigenvalue weighted by molar-refractivity contribution is 5.99. The van der Waals surface area contributed by atoms with Crippen LogP contribution in [-0.2, 0) is 0 Å². The lowest BCUT2D eigenvalue weighted by atomic mass is 10.1. The van der Waals surface area contributed by atoms with Crippen molar-refractivity contribution in [2.45, 2.75) is 19.9 Å². The fraction of sp³-hybridized carbons (Fsp3) is 0.235. The second-order valence-electron chi connectivity index (χ2n) is 5.08. The first-order valence-electron chi connectivity index (χ1n) is 7.00. The van der Waals surface area contributed by atoms with Gasteiger partial charge in [-0.05, 0) is 50.7 Å². The Labute approximate surface area is 125 Å². The standard InChI is InChI=1S/C17H21N3O/c1-12-4-8-15(9-5-12)19-17(21)20-16-10-6-14(7-11-16)13(2)18-3/h4-11,13,18H,1-3H3,(H2,19,20,21). The van der Waals surface area contributed by atoms with Crippen LogP contribution in [-0.4, -0.2) is 13.1 Å². The summed E-state index contributed by atoms with van der Waals surface area (Å²) in [5.41, 5.74) is 3.89. The minimum absolute atomic E-state index is 0.242. The van der Waals surface area contributed by atoms with Crippen molar-refractivity contribution < 1.29 is 4.79 Å². The van der Waals surface area contributed by atoms with Gasteiger partial charge in [-0.15, -0.1) is 0 Å². The maximum Gasteiger partial charge on any atom is 0.323 e. The second kappa shape index (κ2) is 6.90. The lowest BCUT2D eigenvalue weighted by molar-refractivity contribution is 0.262. The van der Waals surface area contributed by atoms with Gasteiger partial charge in [-0.1, -0.05) is 29.8 Å². The van der Waals surface area contributed by atoms with E-state index in [4.69, 9.17) is 0 Å². The normalized spacial score (nSPS) is 11.8. The predicted molar refractivity (Wildman–Crippen MR) is 87.7 cm³/mol. The monoisotopic (exact) mass is 283 g/mol. The zero-order valence-electron chi connectivity index (χ0n) is 12.6. The SMILES string of the molecule is CNC(C)c1ccc(NC(=O)Nc2ccc(C)cc2)cc1. The molecule has 2 aromatic carbocycles. The molecule has 1 unspecified atom stereocenters. The van der Waals surface area contributed by atoms with Gasteiger partial charge in [-0.2, -0.15) is 0 Å². The van der Waals surface area contributed by atoms with Gasteiger partial charge in [-0.3, -0.25) is 0 Å². The predicted octanol–water partition coefficient (Wildman–Crippen LogP) is 3.92. The molecule has 3 N–H and O–H groups in total. The van der Waals surface area contributed by atoms with Gasteiger partial charge in [0, 0.05) is 17.4 Å². The molecule has 110 valence electrons. The summed E-state index contributed by atoms with van der Waals surface area (Å²) >= 11 is 0. The number of aryl methyl sites for hydroxylation is 1. The van der Waals surface area contributed by atoms with Crippen LogP contribution in [0.4, 0.5) is 16.2 Å². The largest absolute Gasteiger partial charge is 0.323 e. The first kappa shape index (κ1) is 15.1. The maximum absolute atomic E-state index is 11.9. The summed E-state index contributed by atoms with van der Waals surface area (Å²) in [5, 5.41) is 8.80. The number of urea groups is 1. The molecular weight excluding hydrogens is 262 g/mol. The van der Waals surface area contributed by atoms with Crippen LogP contribution in [0, 0.1) is 6.92 Å². The fourth-order valence-corrected chi connectivity index (χ4v) is 1.95. The van der Waals surface area contributed by atoms with Crippen LogP contribution >= 0.6 is 0 Å². The number of hydrogen-bond donors (Lipinski definition) is 3. The molecule has 4 nitrogen and oxygen atoms in total. The van der Waals surface area contributed by atoms with Gasteiger partial charge in [0.2, 0.25) is 0 Å². The van der Waals surface area contributed by atoms with Crippen LogP contribution in [0.5, 0.6) is 0 Å². The van der Waals surface area contributed by atoms with E-state index in [2.05, 4.69) is 22.9 Å². The summed E-state index contributed by atoms with van der Waals surface area (Å²) in [6.07, 6.45) is 0. The molecule has 0 aliphatic rings. The van der Waals surface area contributed by atoms with Crippen molar-refractivity contribution in [3.8, 4) is 0 Å². The molecule has 2 rings (SSSR count). The molecular formula is C17H21N3O. The molecule has 0 bridgehead atoms. The Kier molecular flexibility index (Phi) is 4.95. The van der Waals surface area contributed by atoms with Gasteiger partial charge < -0.3 is 16.0 Å². The van der Waals surface area contributed by atoms with Gasteiger partial charge in [0.25, 0.3) is 0 Å². The van der Waals surface area contributed by atoms with E-state index in [0.29, 0.717) is 6.04 Å². The third-order valence-corrected chi connectivity index (χ3v) is 3.41. The number of hydrogen-bond acceptors (Lipinski definition) is 2. The number of amides is 2. The van der Waals surface area contributed by atoms with Crippen molar-refractivity contribution in [2.75, 3.05) is 17.7 Å². The van der Waals surface area contributed by atoms with Crippen molar-refractivity contribution in [3.05, 3.63) is 59.7 Å². The number of benzene rings is 2. The van der Waals surface area contributed by atoms with Gasteiger partial charge in [0.05, 0.1) is 0 Å². The highest BCUT2D eigenvalue weighted by Crippen LogP contribution is 2.16. The van der Waals surface area contributed by atoms with E-state index in [1.54, 1.807) is 0 Å².